The number of hydrogen-bond donors (Lipinski definition) is 0. The van der Waals surface area contributed by atoms with Gasteiger partial charge >= 0.3 is 0 Å². The minimum atomic E-state index is -0.151. The molecule has 0 aliphatic heterocycles. The normalized spacial score (nSPS) is 13.3. The molecule has 0 N–H and O–H groups in total. The molecule has 3 heteroatoms. The lowest BCUT2D eigenvalue weighted by atomic mass is 10.0. The molecule has 2 nitrogen and oxygen atoms in total. The lowest BCUT2D eigenvalue weighted by Gasteiger charge is -2.10. The molecular weight excluding hydrogens is 191 g/mol. The first-order chi connectivity index (χ1) is 7.11. The van der Waals surface area contributed by atoms with E-state index in [0.29, 0.717) is 5.65 Å². The van der Waals surface area contributed by atoms with Crippen LogP contribution in [0.5, 0.6) is 0 Å². The number of aromatic nitrogens is 2. The van der Waals surface area contributed by atoms with E-state index in [1.807, 2.05) is 30.6 Å². The standard InChI is InChI=1S/C12H15FN2/c1-4-8(2)10-7-15-6-9(3)14-12(15)5-11(10)13/h5-8H,4H2,1-3H3. The van der Waals surface area contributed by atoms with Gasteiger partial charge in [0.2, 0.25) is 0 Å². The van der Waals surface area contributed by atoms with Crippen LogP contribution in [0.2, 0.25) is 0 Å². The van der Waals surface area contributed by atoms with Gasteiger partial charge in [0.05, 0.1) is 5.69 Å². The number of nitrogens with zero attached hydrogens (tertiary/aromatic N) is 2. The molecule has 0 radical (unpaired) electrons. The number of rotatable bonds is 2. The van der Waals surface area contributed by atoms with E-state index >= 15 is 0 Å². The van der Waals surface area contributed by atoms with Crippen molar-refractivity contribution in [2.45, 2.75) is 33.1 Å². The number of hydrogen-bond acceptors (Lipinski definition) is 1. The Balaban J connectivity index is 2.60. The van der Waals surface area contributed by atoms with Crippen molar-refractivity contribution in [3.63, 3.8) is 0 Å². The Morgan fingerprint density at radius 2 is 2.20 bits per heavy atom. The predicted octanol–water partition coefficient (Wildman–Crippen LogP) is 3.30. The highest BCUT2D eigenvalue weighted by atomic mass is 19.1. The molecular formula is C12H15FN2. The largest absolute Gasteiger partial charge is 0.306 e. The molecule has 2 aromatic rings. The summed E-state index contributed by atoms with van der Waals surface area (Å²) in [6, 6.07) is 1.51. The van der Waals surface area contributed by atoms with Gasteiger partial charge in [0.15, 0.2) is 0 Å². The molecule has 0 bridgehead atoms. The Labute approximate surface area is 88.8 Å². The van der Waals surface area contributed by atoms with Crippen molar-refractivity contribution in [3.8, 4) is 0 Å². The average molecular weight is 206 g/mol. The zero-order valence-electron chi connectivity index (χ0n) is 9.29. The maximum Gasteiger partial charge on any atom is 0.139 e. The zero-order chi connectivity index (χ0) is 11.0. The van der Waals surface area contributed by atoms with Crippen molar-refractivity contribution in [2.75, 3.05) is 0 Å². The van der Waals surface area contributed by atoms with Gasteiger partial charge in [0, 0.05) is 24.0 Å². The Hall–Kier alpha value is -1.38. The monoisotopic (exact) mass is 206 g/mol. The fourth-order valence-electron chi connectivity index (χ4n) is 1.74. The summed E-state index contributed by atoms with van der Waals surface area (Å²) in [5.41, 5.74) is 2.36. The van der Waals surface area contributed by atoms with Gasteiger partial charge < -0.3 is 4.40 Å². The van der Waals surface area contributed by atoms with E-state index in [0.717, 1.165) is 17.7 Å². The van der Waals surface area contributed by atoms with Crippen LogP contribution in [-0.4, -0.2) is 9.38 Å². The quantitative estimate of drug-likeness (QED) is 0.737. The van der Waals surface area contributed by atoms with Crippen molar-refractivity contribution < 1.29 is 4.39 Å². The molecule has 0 aliphatic rings. The summed E-state index contributed by atoms with van der Waals surface area (Å²) < 4.78 is 15.6. The van der Waals surface area contributed by atoms with Gasteiger partial charge in [-0.25, -0.2) is 9.37 Å². The Morgan fingerprint density at radius 1 is 1.47 bits per heavy atom. The van der Waals surface area contributed by atoms with Crippen molar-refractivity contribution >= 4 is 5.65 Å². The van der Waals surface area contributed by atoms with E-state index < -0.39 is 0 Å². The first-order valence-electron chi connectivity index (χ1n) is 5.26. The van der Waals surface area contributed by atoms with E-state index in [9.17, 15) is 4.39 Å². The molecule has 0 aliphatic carbocycles. The molecule has 0 saturated carbocycles. The number of halogens is 1. The van der Waals surface area contributed by atoms with Crippen molar-refractivity contribution in [2.24, 2.45) is 0 Å². The van der Waals surface area contributed by atoms with Gasteiger partial charge in [-0.2, -0.15) is 0 Å². The summed E-state index contributed by atoms with van der Waals surface area (Å²) in [5.74, 6) is 0.0968. The lowest BCUT2D eigenvalue weighted by Crippen LogP contribution is -1.99. The smallest absolute Gasteiger partial charge is 0.139 e. The maximum atomic E-state index is 13.7. The van der Waals surface area contributed by atoms with Crippen LogP contribution in [0.4, 0.5) is 4.39 Å². The molecule has 0 saturated heterocycles. The van der Waals surface area contributed by atoms with Gasteiger partial charge in [0.1, 0.15) is 11.5 Å². The summed E-state index contributed by atoms with van der Waals surface area (Å²) in [6.07, 6.45) is 4.70. The summed E-state index contributed by atoms with van der Waals surface area (Å²) in [4.78, 5) is 4.22. The van der Waals surface area contributed by atoms with Crippen molar-refractivity contribution in [1.29, 1.82) is 0 Å². The van der Waals surface area contributed by atoms with Crippen LogP contribution >= 0.6 is 0 Å². The van der Waals surface area contributed by atoms with Crippen LogP contribution in [0.25, 0.3) is 5.65 Å². The molecule has 2 heterocycles. The van der Waals surface area contributed by atoms with Gasteiger partial charge in [-0.15, -0.1) is 0 Å². The molecule has 0 aromatic carbocycles. The van der Waals surface area contributed by atoms with Gasteiger partial charge in [-0.1, -0.05) is 13.8 Å². The molecule has 1 atom stereocenters. The third-order valence-corrected chi connectivity index (χ3v) is 2.83. The Bertz CT molecular complexity index is 488. The van der Waals surface area contributed by atoms with Crippen LogP contribution in [0.15, 0.2) is 18.5 Å². The SMILES string of the molecule is CCC(C)c1cn2cc(C)nc2cc1F. The second-order valence-electron chi connectivity index (χ2n) is 4.03. The summed E-state index contributed by atoms with van der Waals surface area (Å²) in [6.45, 7) is 6.01. The first kappa shape index (κ1) is 10.1. The van der Waals surface area contributed by atoms with Crippen molar-refractivity contribution in [3.05, 3.63) is 35.5 Å². The third-order valence-electron chi connectivity index (χ3n) is 2.83. The van der Waals surface area contributed by atoms with Crippen LogP contribution < -0.4 is 0 Å². The Morgan fingerprint density at radius 3 is 2.87 bits per heavy atom. The van der Waals surface area contributed by atoms with Gasteiger partial charge in [-0.05, 0) is 19.3 Å². The minimum Gasteiger partial charge on any atom is -0.306 e. The summed E-state index contributed by atoms with van der Waals surface area (Å²) >= 11 is 0. The molecule has 2 aromatic heterocycles. The van der Waals surface area contributed by atoms with Crippen LogP contribution in [0, 0.1) is 12.7 Å². The fraction of sp³-hybridized carbons (Fsp3) is 0.417. The average Bonchev–Trinajstić information content (AvgIpc) is 2.55. The highest BCUT2D eigenvalue weighted by Gasteiger charge is 2.11. The maximum absolute atomic E-state index is 13.7. The molecule has 80 valence electrons. The summed E-state index contributed by atoms with van der Waals surface area (Å²) in [7, 11) is 0. The highest BCUT2D eigenvalue weighted by molar-refractivity contribution is 5.42. The van der Waals surface area contributed by atoms with E-state index in [-0.39, 0.29) is 11.7 Å². The first-order valence-corrected chi connectivity index (χ1v) is 5.26. The number of aryl methyl sites for hydroxylation is 1. The molecule has 15 heavy (non-hydrogen) atoms. The van der Waals surface area contributed by atoms with E-state index in [4.69, 9.17) is 0 Å². The second kappa shape index (κ2) is 3.65. The minimum absolute atomic E-state index is 0.151. The van der Waals surface area contributed by atoms with Gasteiger partial charge in [0.25, 0.3) is 0 Å². The summed E-state index contributed by atoms with van der Waals surface area (Å²) in [5, 5.41) is 0. The molecule has 0 amide bonds. The van der Waals surface area contributed by atoms with Crippen LogP contribution in [-0.2, 0) is 0 Å². The third kappa shape index (κ3) is 1.74. The lowest BCUT2D eigenvalue weighted by molar-refractivity contribution is 0.580. The predicted molar refractivity (Wildman–Crippen MR) is 58.6 cm³/mol. The van der Waals surface area contributed by atoms with E-state index in [2.05, 4.69) is 11.9 Å². The van der Waals surface area contributed by atoms with E-state index in [1.165, 1.54) is 6.07 Å². The van der Waals surface area contributed by atoms with Crippen LogP contribution in [0.1, 0.15) is 37.4 Å². The molecule has 0 spiro atoms. The van der Waals surface area contributed by atoms with Crippen LogP contribution in [0.3, 0.4) is 0 Å². The Kier molecular flexibility index (Phi) is 2.47. The molecule has 1 unspecified atom stereocenters. The zero-order valence-corrected chi connectivity index (χ0v) is 9.29. The number of imidazole rings is 1. The highest BCUT2D eigenvalue weighted by Crippen LogP contribution is 2.22. The topological polar surface area (TPSA) is 17.3 Å². The van der Waals surface area contributed by atoms with E-state index in [1.54, 1.807) is 0 Å². The fourth-order valence-corrected chi connectivity index (χ4v) is 1.74. The second-order valence-corrected chi connectivity index (χ2v) is 4.03. The molecule has 0 fully saturated rings. The molecule has 2 rings (SSSR count). The van der Waals surface area contributed by atoms with Gasteiger partial charge in [-0.3, -0.25) is 0 Å². The number of fused-ring (bicyclic) bond motifs is 1. The van der Waals surface area contributed by atoms with Crippen molar-refractivity contribution in [1.82, 2.24) is 9.38 Å². The number of pyridine rings is 1.